The summed E-state index contributed by atoms with van der Waals surface area (Å²) in [5.41, 5.74) is 1.51. The second-order valence-electron chi connectivity index (χ2n) is 6.26. The number of nitrogens with one attached hydrogen (secondary N) is 1. The summed E-state index contributed by atoms with van der Waals surface area (Å²) in [5.74, 6) is 1.57. The molecule has 106 valence electrons. The fourth-order valence-electron chi connectivity index (χ4n) is 2.83. The van der Waals surface area contributed by atoms with Gasteiger partial charge in [-0.3, -0.25) is 0 Å². The Morgan fingerprint density at radius 3 is 2.47 bits per heavy atom. The average Bonchev–Trinajstić information content (AvgIpc) is 3.24. The van der Waals surface area contributed by atoms with Gasteiger partial charge in [-0.05, 0) is 36.7 Å². The SMILES string of the molecule is CCCC(C)CCC(CNC1CC1)c1ccccc1. The minimum atomic E-state index is 0.695. The van der Waals surface area contributed by atoms with Crippen molar-refractivity contribution in [2.75, 3.05) is 6.54 Å². The lowest BCUT2D eigenvalue weighted by molar-refractivity contribution is 0.429. The van der Waals surface area contributed by atoms with Crippen LogP contribution in [-0.2, 0) is 0 Å². The summed E-state index contributed by atoms with van der Waals surface area (Å²) < 4.78 is 0. The molecule has 0 radical (unpaired) electrons. The smallest absolute Gasteiger partial charge is 0.00684 e. The summed E-state index contributed by atoms with van der Waals surface area (Å²) in [5, 5.41) is 3.71. The number of benzene rings is 1. The number of hydrogen-bond acceptors (Lipinski definition) is 1. The predicted octanol–water partition coefficient (Wildman–Crippen LogP) is 4.74. The molecule has 1 aliphatic rings. The molecule has 0 aromatic heterocycles. The fourth-order valence-corrected chi connectivity index (χ4v) is 2.83. The Hall–Kier alpha value is -0.820. The Balaban J connectivity index is 1.85. The molecule has 1 aromatic rings. The quantitative estimate of drug-likeness (QED) is 0.675. The van der Waals surface area contributed by atoms with Gasteiger partial charge in [0.1, 0.15) is 0 Å². The summed E-state index contributed by atoms with van der Waals surface area (Å²) in [4.78, 5) is 0. The van der Waals surface area contributed by atoms with Gasteiger partial charge in [0.2, 0.25) is 0 Å². The van der Waals surface area contributed by atoms with E-state index >= 15 is 0 Å². The molecule has 0 heterocycles. The Morgan fingerprint density at radius 2 is 1.84 bits per heavy atom. The lowest BCUT2D eigenvalue weighted by Gasteiger charge is -2.20. The van der Waals surface area contributed by atoms with Crippen molar-refractivity contribution < 1.29 is 0 Å². The molecule has 0 bridgehead atoms. The lowest BCUT2D eigenvalue weighted by atomic mass is 9.89. The number of hydrogen-bond donors (Lipinski definition) is 1. The molecule has 1 N–H and O–H groups in total. The van der Waals surface area contributed by atoms with Crippen LogP contribution >= 0.6 is 0 Å². The third-order valence-electron chi connectivity index (χ3n) is 4.29. The third-order valence-corrected chi connectivity index (χ3v) is 4.29. The molecule has 1 saturated carbocycles. The maximum absolute atomic E-state index is 3.71. The average molecular weight is 259 g/mol. The zero-order chi connectivity index (χ0) is 13.5. The van der Waals surface area contributed by atoms with E-state index in [1.54, 1.807) is 0 Å². The van der Waals surface area contributed by atoms with Crippen molar-refractivity contribution in [2.24, 2.45) is 5.92 Å². The van der Waals surface area contributed by atoms with Crippen LogP contribution < -0.4 is 5.32 Å². The van der Waals surface area contributed by atoms with Crippen LogP contribution in [0.25, 0.3) is 0 Å². The van der Waals surface area contributed by atoms with Gasteiger partial charge in [-0.15, -0.1) is 0 Å². The summed E-state index contributed by atoms with van der Waals surface area (Å²) in [6.07, 6.45) is 8.14. The van der Waals surface area contributed by atoms with Crippen molar-refractivity contribution >= 4 is 0 Å². The van der Waals surface area contributed by atoms with Crippen molar-refractivity contribution in [2.45, 2.75) is 64.3 Å². The Bertz CT molecular complexity index is 342. The van der Waals surface area contributed by atoms with E-state index in [9.17, 15) is 0 Å². The summed E-state index contributed by atoms with van der Waals surface area (Å²) >= 11 is 0. The first-order chi connectivity index (χ1) is 9.29. The molecule has 1 fully saturated rings. The second-order valence-corrected chi connectivity index (χ2v) is 6.26. The van der Waals surface area contributed by atoms with Gasteiger partial charge in [-0.1, -0.05) is 63.4 Å². The molecule has 0 aliphatic heterocycles. The minimum Gasteiger partial charge on any atom is -0.313 e. The highest BCUT2D eigenvalue weighted by atomic mass is 14.9. The Morgan fingerprint density at radius 1 is 1.11 bits per heavy atom. The van der Waals surface area contributed by atoms with Crippen LogP contribution in [0, 0.1) is 5.92 Å². The molecular formula is C18H29N. The van der Waals surface area contributed by atoms with Gasteiger partial charge in [0.25, 0.3) is 0 Å². The zero-order valence-electron chi connectivity index (χ0n) is 12.6. The topological polar surface area (TPSA) is 12.0 Å². The largest absolute Gasteiger partial charge is 0.313 e. The van der Waals surface area contributed by atoms with E-state index in [1.165, 1.54) is 44.1 Å². The molecule has 0 spiro atoms. The first-order valence-electron chi connectivity index (χ1n) is 8.08. The second kappa shape index (κ2) is 7.69. The highest BCUT2D eigenvalue weighted by molar-refractivity contribution is 5.20. The van der Waals surface area contributed by atoms with E-state index in [-0.39, 0.29) is 0 Å². The van der Waals surface area contributed by atoms with Crippen LogP contribution in [0.3, 0.4) is 0 Å². The van der Waals surface area contributed by atoms with Crippen molar-refractivity contribution in [1.29, 1.82) is 0 Å². The maximum Gasteiger partial charge on any atom is 0.00684 e. The van der Waals surface area contributed by atoms with E-state index < -0.39 is 0 Å². The summed E-state index contributed by atoms with van der Waals surface area (Å²) in [7, 11) is 0. The third kappa shape index (κ3) is 5.36. The van der Waals surface area contributed by atoms with Crippen molar-refractivity contribution in [3.8, 4) is 0 Å². The molecule has 1 nitrogen and oxygen atoms in total. The molecule has 1 aromatic carbocycles. The van der Waals surface area contributed by atoms with E-state index in [2.05, 4.69) is 49.5 Å². The van der Waals surface area contributed by atoms with Gasteiger partial charge >= 0.3 is 0 Å². The molecule has 0 saturated heterocycles. The first-order valence-corrected chi connectivity index (χ1v) is 8.08. The maximum atomic E-state index is 3.71. The minimum absolute atomic E-state index is 0.695. The Labute approximate surface area is 118 Å². The van der Waals surface area contributed by atoms with Crippen LogP contribution in [0.4, 0.5) is 0 Å². The van der Waals surface area contributed by atoms with Gasteiger partial charge in [0.05, 0.1) is 0 Å². The van der Waals surface area contributed by atoms with E-state index in [0.717, 1.165) is 18.5 Å². The van der Waals surface area contributed by atoms with Gasteiger partial charge in [0, 0.05) is 12.6 Å². The van der Waals surface area contributed by atoms with Gasteiger partial charge in [0.15, 0.2) is 0 Å². The predicted molar refractivity (Wildman–Crippen MR) is 83.5 cm³/mol. The lowest BCUT2D eigenvalue weighted by Crippen LogP contribution is -2.24. The number of rotatable bonds is 9. The zero-order valence-corrected chi connectivity index (χ0v) is 12.6. The Kier molecular flexibility index (Phi) is 5.91. The highest BCUT2D eigenvalue weighted by Gasteiger charge is 2.22. The van der Waals surface area contributed by atoms with E-state index in [1.807, 2.05) is 0 Å². The van der Waals surface area contributed by atoms with E-state index in [4.69, 9.17) is 0 Å². The molecule has 19 heavy (non-hydrogen) atoms. The van der Waals surface area contributed by atoms with Crippen molar-refractivity contribution in [3.05, 3.63) is 35.9 Å². The summed E-state index contributed by atoms with van der Waals surface area (Å²) in [6, 6.07) is 11.9. The normalized spacial score (nSPS) is 18.2. The molecule has 2 unspecified atom stereocenters. The van der Waals surface area contributed by atoms with Gasteiger partial charge in [-0.25, -0.2) is 0 Å². The standard InChI is InChI=1S/C18H29N/c1-3-7-15(2)10-11-17(14-19-18-12-13-18)16-8-5-4-6-9-16/h4-6,8-9,15,17-19H,3,7,10-14H2,1-2H3. The molecule has 2 atom stereocenters. The molecule has 1 aliphatic carbocycles. The van der Waals surface area contributed by atoms with Crippen molar-refractivity contribution in [3.63, 3.8) is 0 Å². The molecule has 1 heteroatoms. The fraction of sp³-hybridized carbons (Fsp3) is 0.667. The van der Waals surface area contributed by atoms with Crippen LogP contribution in [0.15, 0.2) is 30.3 Å². The molecular weight excluding hydrogens is 230 g/mol. The van der Waals surface area contributed by atoms with E-state index in [0.29, 0.717) is 5.92 Å². The van der Waals surface area contributed by atoms with Crippen LogP contribution in [-0.4, -0.2) is 12.6 Å². The van der Waals surface area contributed by atoms with Gasteiger partial charge < -0.3 is 5.32 Å². The monoisotopic (exact) mass is 259 g/mol. The molecule has 0 amide bonds. The van der Waals surface area contributed by atoms with Crippen molar-refractivity contribution in [1.82, 2.24) is 5.32 Å². The van der Waals surface area contributed by atoms with Crippen LogP contribution in [0.1, 0.15) is 63.9 Å². The molecule has 2 rings (SSSR count). The summed E-state index contributed by atoms with van der Waals surface area (Å²) in [6.45, 7) is 5.85. The highest BCUT2D eigenvalue weighted by Crippen LogP contribution is 2.26. The van der Waals surface area contributed by atoms with Gasteiger partial charge in [-0.2, -0.15) is 0 Å². The first kappa shape index (κ1) is 14.6. The van der Waals surface area contributed by atoms with Crippen LogP contribution in [0.5, 0.6) is 0 Å². The van der Waals surface area contributed by atoms with Crippen LogP contribution in [0.2, 0.25) is 0 Å².